The smallest absolute Gasteiger partial charge is 0.119 e. The molecule has 2 heterocycles. The van der Waals surface area contributed by atoms with Crippen LogP contribution in [0.2, 0.25) is 0 Å². The average Bonchev–Trinajstić information content (AvgIpc) is 3.23. The number of anilines is 2. The number of H-pyrrole nitrogens is 1. The summed E-state index contributed by atoms with van der Waals surface area (Å²) in [6.45, 7) is 2.02. The van der Waals surface area contributed by atoms with Gasteiger partial charge in [0.25, 0.3) is 0 Å². The monoisotopic (exact) mass is 421 g/mol. The Morgan fingerprint density at radius 2 is 1.75 bits per heavy atom. The molecule has 0 saturated carbocycles. The van der Waals surface area contributed by atoms with Crippen molar-refractivity contribution in [3.63, 3.8) is 0 Å². The minimum absolute atomic E-state index is 0.830. The molecule has 32 heavy (non-hydrogen) atoms. The summed E-state index contributed by atoms with van der Waals surface area (Å²) in [4.78, 5) is 8.01. The first kappa shape index (κ1) is 20.1. The predicted molar refractivity (Wildman–Crippen MR) is 133 cm³/mol. The Morgan fingerprint density at radius 1 is 0.906 bits per heavy atom. The molecular weight excluding hydrogens is 394 g/mol. The highest BCUT2D eigenvalue weighted by Gasteiger charge is 2.07. The maximum Gasteiger partial charge on any atom is 0.119 e. The van der Waals surface area contributed by atoms with Crippen LogP contribution in [0.1, 0.15) is 23.2 Å². The van der Waals surface area contributed by atoms with Gasteiger partial charge in [0.15, 0.2) is 0 Å². The number of aromatic nitrogens is 2. The lowest BCUT2D eigenvalue weighted by Gasteiger charge is -2.12. The number of nitrogens with one attached hydrogen (secondary N) is 2. The van der Waals surface area contributed by atoms with Gasteiger partial charge in [0.2, 0.25) is 0 Å². The van der Waals surface area contributed by atoms with Crippen molar-refractivity contribution >= 4 is 33.2 Å². The summed E-state index contributed by atoms with van der Waals surface area (Å²) in [5.41, 5.74) is 8.02. The molecule has 0 amide bonds. The normalized spacial score (nSPS) is 11.2. The van der Waals surface area contributed by atoms with Crippen LogP contribution in [0.25, 0.3) is 21.8 Å². The van der Waals surface area contributed by atoms with Crippen LogP contribution in [0, 0.1) is 6.92 Å². The first-order chi connectivity index (χ1) is 15.7. The van der Waals surface area contributed by atoms with Crippen molar-refractivity contribution in [2.75, 3.05) is 12.4 Å². The topological polar surface area (TPSA) is 49.9 Å². The van der Waals surface area contributed by atoms with Crippen molar-refractivity contribution in [2.24, 2.45) is 0 Å². The first-order valence-electron chi connectivity index (χ1n) is 11.1. The molecule has 0 bridgehead atoms. The fraction of sp³-hybridized carbons (Fsp3) is 0.179. The van der Waals surface area contributed by atoms with E-state index >= 15 is 0 Å². The molecule has 5 aromatic rings. The van der Waals surface area contributed by atoms with Gasteiger partial charge in [-0.3, -0.25) is 4.98 Å². The Balaban J connectivity index is 1.27. The molecule has 0 radical (unpaired) electrons. The number of rotatable bonds is 7. The van der Waals surface area contributed by atoms with E-state index in [0.29, 0.717) is 0 Å². The van der Waals surface area contributed by atoms with Crippen molar-refractivity contribution in [1.82, 2.24) is 9.97 Å². The van der Waals surface area contributed by atoms with Crippen LogP contribution in [0.5, 0.6) is 5.75 Å². The Hall–Kier alpha value is -3.79. The second kappa shape index (κ2) is 8.75. The maximum atomic E-state index is 5.40. The largest absolute Gasteiger partial charge is 0.497 e. The van der Waals surface area contributed by atoms with Crippen molar-refractivity contribution in [3.05, 3.63) is 95.8 Å². The fourth-order valence-electron chi connectivity index (χ4n) is 4.30. The van der Waals surface area contributed by atoms with Gasteiger partial charge in [-0.05, 0) is 79.8 Å². The molecule has 0 unspecified atom stereocenters. The molecule has 2 aromatic heterocycles. The summed E-state index contributed by atoms with van der Waals surface area (Å²) in [7, 11) is 1.69. The van der Waals surface area contributed by atoms with Crippen molar-refractivity contribution in [3.8, 4) is 5.75 Å². The van der Waals surface area contributed by atoms with Gasteiger partial charge in [-0.2, -0.15) is 0 Å². The van der Waals surface area contributed by atoms with E-state index in [1.807, 2.05) is 25.1 Å². The zero-order chi connectivity index (χ0) is 21.9. The van der Waals surface area contributed by atoms with E-state index in [4.69, 9.17) is 4.74 Å². The molecule has 0 aliphatic rings. The third-order valence-corrected chi connectivity index (χ3v) is 5.96. The quantitative estimate of drug-likeness (QED) is 0.299. The molecule has 4 heteroatoms. The molecule has 0 fully saturated rings. The number of ether oxygens (including phenoxy) is 1. The number of benzene rings is 3. The van der Waals surface area contributed by atoms with Gasteiger partial charge in [0, 0.05) is 39.6 Å². The van der Waals surface area contributed by atoms with Crippen LogP contribution in [0.15, 0.2) is 79.0 Å². The maximum absolute atomic E-state index is 5.40. The Kier molecular flexibility index (Phi) is 5.51. The first-order valence-corrected chi connectivity index (χ1v) is 11.1. The van der Waals surface area contributed by atoms with Crippen LogP contribution >= 0.6 is 0 Å². The predicted octanol–water partition coefficient (Wildman–Crippen LogP) is 6.95. The highest BCUT2D eigenvalue weighted by atomic mass is 16.5. The fourth-order valence-corrected chi connectivity index (χ4v) is 4.30. The molecule has 0 atom stereocenters. The summed E-state index contributed by atoms with van der Waals surface area (Å²) in [6, 6.07) is 25.3. The van der Waals surface area contributed by atoms with Crippen LogP contribution < -0.4 is 10.1 Å². The molecule has 0 aliphatic carbocycles. The third-order valence-electron chi connectivity index (χ3n) is 5.96. The van der Waals surface area contributed by atoms with Gasteiger partial charge in [-0.25, -0.2) is 0 Å². The lowest BCUT2D eigenvalue weighted by molar-refractivity contribution is 0.415. The lowest BCUT2D eigenvalue weighted by Crippen LogP contribution is -1.96. The van der Waals surface area contributed by atoms with Gasteiger partial charge in [0.05, 0.1) is 12.6 Å². The van der Waals surface area contributed by atoms with E-state index in [1.165, 1.54) is 22.0 Å². The van der Waals surface area contributed by atoms with Crippen LogP contribution in [0.4, 0.5) is 11.4 Å². The Labute approximate surface area is 188 Å². The number of hydrogen-bond acceptors (Lipinski definition) is 3. The lowest BCUT2D eigenvalue weighted by atomic mass is 10.0. The zero-order valence-electron chi connectivity index (χ0n) is 18.5. The number of methoxy groups -OCH3 is 1. The zero-order valence-corrected chi connectivity index (χ0v) is 18.5. The molecular formula is C28H27N3O. The summed E-state index contributed by atoms with van der Waals surface area (Å²) in [6.07, 6.45) is 5.42. The molecule has 2 N–H and O–H groups in total. The summed E-state index contributed by atoms with van der Waals surface area (Å²) >= 11 is 0. The number of pyridine rings is 1. The van der Waals surface area contributed by atoms with E-state index in [1.54, 1.807) is 7.11 Å². The molecule has 0 aliphatic heterocycles. The number of hydrogen-bond donors (Lipinski definition) is 2. The standard InChI is InChI=1S/C28H27N3O/c1-19-16-28(25-17-23(32-2)14-15-27(25)30-19)31-22-12-10-20(11-13-22)6-5-7-21-18-29-26-9-4-3-8-24(21)26/h3-4,8-18,29H,5-7H2,1-2H3,(H,30,31). The Morgan fingerprint density at radius 3 is 2.59 bits per heavy atom. The second-order valence-electron chi connectivity index (χ2n) is 8.23. The number of fused-ring (bicyclic) bond motifs is 2. The van der Waals surface area contributed by atoms with Gasteiger partial charge in [0.1, 0.15) is 5.75 Å². The van der Waals surface area contributed by atoms with Gasteiger partial charge in [-0.15, -0.1) is 0 Å². The minimum atomic E-state index is 0.830. The van der Waals surface area contributed by atoms with Crippen LogP contribution in [0.3, 0.4) is 0 Å². The van der Waals surface area contributed by atoms with Crippen LogP contribution in [-0.4, -0.2) is 17.1 Å². The van der Waals surface area contributed by atoms with Gasteiger partial charge >= 0.3 is 0 Å². The van der Waals surface area contributed by atoms with E-state index in [2.05, 4.69) is 76.1 Å². The van der Waals surface area contributed by atoms with Crippen LogP contribution in [-0.2, 0) is 12.8 Å². The summed E-state index contributed by atoms with van der Waals surface area (Å²) in [5.74, 6) is 0.830. The SMILES string of the molecule is COc1ccc2nc(C)cc(Nc3ccc(CCCc4c[nH]c5ccccc45)cc3)c2c1. The van der Waals surface area contributed by atoms with Crippen molar-refractivity contribution in [1.29, 1.82) is 0 Å². The molecule has 0 saturated heterocycles. The second-order valence-corrected chi connectivity index (χ2v) is 8.23. The molecule has 4 nitrogen and oxygen atoms in total. The van der Waals surface area contributed by atoms with Crippen molar-refractivity contribution < 1.29 is 4.74 Å². The highest BCUT2D eigenvalue weighted by Crippen LogP contribution is 2.30. The van der Waals surface area contributed by atoms with Gasteiger partial charge < -0.3 is 15.0 Å². The minimum Gasteiger partial charge on any atom is -0.497 e. The number of aromatic amines is 1. The summed E-state index contributed by atoms with van der Waals surface area (Å²) in [5, 5.41) is 5.96. The third kappa shape index (κ3) is 4.17. The highest BCUT2D eigenvalue weighted by molar-refractivity contribution is 5.94. The molecule has 0 spiro atoms. The Bertz CT molecular complexity index is 1370. The van der Waals surface area contributed by atoms with E-state index in [0.717, 1.165) is 53.0 Å². The van der Waals surface area contributed by atoms with E-state index < -0.39 is 0 Å². The molecule has 160 valence electrons. The molecule has 3 aromatic carbocycles. The van der Waals surface area contributed by atoms with E-state index in [9.17, 15) is 0 Å². The van der Waals surface area contributed by atoms with Gasteiger partial charge in [-0.1, -0.05) is 30.3 Å². The van der Waals surface area contributed by atoms with Crippen molar-refractivity contribution in [2.45, 2.75) is 26.2 Å². The molecule has 5 rings (SSSR count). The summed E-state index contributed by atoms with van der Waals surface area (Å²) < 4.78 is 5.40. The average molecular weight is 422 g/mol. The van der Waals surface area contributed by atoms with E-state index in [-0.39, 0.29) is 0 Å². The number of para-hydroxylation sites is 1. The number of nitrogens with zero attached hydrogens (tertiary/aromatic N) is 1. The number of aryl methyl sites for hydroxylation is 3.